The van der Waals surface area contributed by atoms with Crippen LogP contribution in [0.4, 0.5) is 0 Å². The van der Waals surface area contributed by atoms with E-state index in [-0.39, 0.29) is 30.5 Å². The summed E-state index contributed by atoms with van der Waals surface area (Å²) in [5.41, 5.74) is 6.62. The van der Waals surface area contributed by atoms with Gasteiger partial charge in [-0.1, -0.05) is 42.5 Å². The van der Waals surface area contributed by atoms with Gasteiger partial charge in [0, 0.05) is 6.04 Å². The average molecular weight is 246 g/mol. The molecule has 2 unspecified atom stereocenters. The smallest absolute Gasteiger partial charge is 0.227 e. The number of aliphatic hydroxyl groups is 1. The molecule has 0 fully saturated rings. The van der Waals surface area contributed by atoms with Crippen molar-refractivity contribution in [2.75, 3.05) is 6.61 Å². The molecule has 0 radical (unpaired) electrons. The Morgan fingerprint density at radius 1 is 1.39 bits per heavy atom. The Morgan fingerprint density at radius 2 is 2.11 bits per heavy atom. The van der Waals surface area contributed by atoms with Crippen LogP contribution in [0.15, 0.2) is 42.5 Å². The SMILES string of the molecule is NC1C=CC(C(=O)N[C@@H](CO)c2ccccc2)C1. The van der Waals surface area contributed by atoms with Crippen LogP contribution < -0.4 is 11.1 Å². The monoisotopic (exact) mass is 246 g/mol. The first-order valence-corrected chi connectivity index (χ1v) is 6.11. The van der Waals surface area contributed by atoms with Crippen molar-refractivity contribution in [1.82, 2.24) is 5.32 Å². The number of nitrogens with one attached hydrogen (secondary N) is 1. The third-order valence-corrected chi connectivity index (χ3v) is 3.15. The zero-order chi connectivity index (χ0) is 13.0. The van der Waals surface area contributed by atoms with Crippen LogP contribution in [0.3, 0.4) is 0 Å². The highest BCUT2D eigenvalue weighted by atomic mass is 16.3. The maximum atomic E-state index is 12.0. The lowest BCUT2D eigenvalue weighted by molar-refractivity contribution is -0.124. The van der Waals surface area contributed by atoms with Gasteiger partial charge in [-0.25, -0.2) is 0 Å². The van der Waals surface area contributed by atoms with Crippen LogP contribution in [-0.2, 0) is 4.79 Å². The number of carbonyl (C=O) groups is 1. The number of hydrogen-bond donors (Lipinski definition) is 3. The Bertz CT molecular complexity index is 431. The Labute approximate surface area is 107 Å². The number of aliphatic hydroxyl groups excluding tert-OH is 1. The Balaban J connectivity index is 1.99. The number of carbonyl (C=O) groups excluding carboxylic acids is 1. The molecule has 3 atom stereocenters. The van der Waals surface area contributed by atoms with Crippen molar-refractivity contribution >= 4 is 5.91 Å². The third-order valence-electron chi connectivity index (χ3n) is 3.15. The molecule has 1 aliphatic carbocycles. The van der Waals surface area contributed by atoms with Gasteiger partial charge in [-0.3, -0.25) is 4.79 Å². The standard InChI is InChI=1S/C14H18N2O2/c15-12-7-6-11(8-12)14(18)16-13(9-17)10-4-2-1-3-5-10/h1-7,11-13,17H,8-9,15H2,(H,16,18)/t11?,12?,13-/m0/s1. The van der Waals surface area contributed by atoms with Gasteiger partial charge in [-0.05, 0) is 12.0 Å². The summed E-state index contributed by atoms with van der Waals surface area (Å²) >= 11 is 0. The maximum Gasteiger partial charge on any atom is 0.227 e. The molecule has 0 heterocycles. The lowest BCUT2D eigenvalue weighted by Gasteiger charge is -2.19. The molecule has 1 aromatic rings. The molecule has 0 aliphatic heterocycles. The van der Waals surface area contributed by atoms with Gasteiger partial charge < -0.3 is 16.2 Å². The van der Waals surface area contributed by atoms with E-state index in [4.69, 9.17) is 5.73 Å². The van der Waals surface area contributed by atoms with Gasteiger partial charge in [0.15, 0.2) is 0 Å². The average Bonchev–Trinajstić information content (AvgIpc) is 2.83. The Kier molecular flexibility index (Phi) is 4.12. The van der Waals surface area contributed by atoms with Gasteiger partial charge in [0.2, 0.25) is 5.91 Å². The van der Waals surface area contributed by atoms with Crippen LogP contribution in [0.2, 0.25) is 0 Å². The van der Waals surface area contributed by atoms with Gasteiger partial charge in [0.05, 0.1) is 18.6 Å². The van der Waals surface area contributed by atoms with E-state index in [1.807, 2.05) is 42.5 Å². The third kappa shape index (κ3) is 2.97. The van der Waals surface area contributed by atoms with E-state index in [0.29, 0.717) is 6.42 Å². The van der Waals surface area contributed by atoms with E-state index in [0.717, 1.165) is 5.56 Å². The zero-order valence-corrected chi connectivity index (χ0v) is 10.1. The predicted molar refractivity (Wildman–Crippen MR) is 69.6 cm³/mol. The minimum Gasteiger partial charge on any atom is -0.394 e. The van der Waals surface area contributed by atoms with Gasteiger partial charge in [0.25, 0.3) is 0 Å². The van der Waals surface area contributed by atoms with E-state index in [1.165, 1.54) is 0 Å². The largest absolute Gasteiger partial charge is 0.394 e. The molecular weight excluding hydrogens is 228 g/mol. The van der Waals surface area contributed by atoms with E-state index in [1.54, 1.807) is 0 Å². The summed E-state index contributed by atoms with van der Waals surface area (Å²) in [6, 6.07) is 9.05. The highest BCUT2D eigenvalue weighted by Crippen LogP contribution is 2.19. The van der Waals surface area contributed by atoms with Gasteiger partial charge in [-0.2, -0.15) is 0 Å². The van der Waals surface area contributed by atoms with Crippen molar-refractivity contribution in [3.63, 3.8) is 0 Å². The summed E-state index contributed by atoms with van der Waals surface area (Å²) in [6.45, 7) is -0.113. The van der Waals surface area contributed by atoms with E-state index >= 15 is 0 Å². The second kappa shape index (κ2) is 5.80. The molecule has 0 saturated heterocycles. The molecule has 1 aromatic carbocycles. The quantitative estimate of drug-likeness (QED) is 0.686. The van der Waals surface area contributed by atoms with Crippen LogP contribution in [0.25, 0.3) is 0 Å². The summed E-state index contributed by atoms with van der Waals surface area (Å²) in [5.74, 6) is -0.264. The van der Waals surface area contributed by atoms with Gasteiger partial charge >= 0.3 is 0 Å². The Hall–Kier alpha value is -1.65. The minimum atomic E-state index is -0.357. The second-order valence-electron chi connectivity index (χ2n) is 4.55. The molecular formula is C14H18N2O2. The van der Waals surface area contributed by atoms with Gasteiger partial charge in [0.1, 0.15) is 0 Å². The van der Waals surface area contributed by atoms with Crippen molar-refractivity contribution in [1.29, 1.82) is 0 Å². The van der Waals surface area contributed by atoms with E-state index in [2.05, 4.69) is 5.32 Å². The molecule has 0 aromatic heterocycles. The van der Waals surface area contributed by atoms with E-state index in [9.17, 15) is 9.90 Å². The van der Waals surface area contributed by atoms with Crippen molar-refractivity contribution in [2.45, 2.75) is 18.5 Å². The summed E-state index contributed by atoms with van der Waals surface area (Å²) in [5, 5.41) is 12.2. The number of nitrogens with two attached hydrogens (primary N) is 1. The van der Waals surface area contributed by atoms with Crippen LogP contribution in [0.1, 0.15) is 18.0 Å². The summed E-state index contributed by atoms with van der Waals surface area (Å²) in [4.78, 5) is 12.0. The first-order chi connectivity index (χ1) is 8.70. The normalized spacial score (nSPS) is 23.9. The second-order valence-corrected chi connectivity index (χ2v) is 4.55. The van der Waals surface area contributed by atoms with E-state index < -0.39 is 0 Å². The molecule has 2 rings (SSSR count). The minimum absolute atomic E-state index is 0.0370. The first kappa shape index (κ1) is 12.8. The molecule has 4 heteroatoms. The molecule has 0 saturated carbocycles. The van der Waals surface area contributed by atoms with Crippen LogP contribution in [0, 0.1) is 5.92 Å². The first-order valence-electron chi connectivity index (χ1n) is 6.11. The number of rotatable bonds is 4. The van der Waals surface area contributed by atoms with Crippen molar-refractivity contribution < 1.29 is 9.90 Å². The molecule has 1 aliphatic rings. The summed E-state index contributed by atoms with van der Waals surface area (Å²) in [7, 11) is 0. The van der Waals surface area contributed by atoms with Crippen LogP contribution in [0.5, 0.6) is 0 Å². The molecule has 4 N–H and O–H groups in total. The highest BCUT2D eigenvalue weighted by Gasteiger charge is 2.24. The van der Waals surface area contributed by atoms with Crippen LogP contribution in [-0.4, -0.2) is 23.7 Å². The molecule has 1 amide bonds. The van der Waals surface area contributed by atoms with Crippen molar-refractivity contribution in [3.05, 3.63) is 48.0 Å². The predicted octanol–water partition coefficient (Wildman–Crippen LogP) is 0.740. The van der Waals surface area contributed by atoms with Crippen molar-refractivity contribution in [2.24, 2.45) is 11.7 Å². The summed E-state index contributed by atoms with van der Waals surface area (Å²) in [6.07, 6.45) is 4.32. The van der Waals surface area contributed by atoms with Crippen LogP contribution >= 0.6 is 0 Å². The molecule has 4 nitrogen and oxygen atoms in total. The number of benzene rings is 1. The summed E-state index contributed by atoms with van der Waals surface area (Å²) < 4.78 is 0. The fraction of sp³-hybridized carbons (Fsp3) is 0.357. The Morgan fingerprint density at radius 3 is 2.67 bits per heavy atom. The lowest BCUT2D eigenvalue weighted by atomic mass is 10.0. The van der Waals surface area contributed by atoms with Crippen molar-refractivity contribution in [3.8, 4) is 0 Å². The fourth-order valence-electron chi connectivity index (χ4n) is 2.12. The molecule has 18 heavy (non-hydrogen) atoms. The number of amides is 1. The molecule has 0 spiro atoms. The number of hydrogen-bond acceptors (Lipinski definition) is 3. The lowest BCUT2D eigenvalue weighted by Crippen LogP contribution is -2.35. The topological polar surface area (TPSA) is 75.4 Å². The molecule has 96 valence electrons. The maximum absolute atomic E-state index is 12.0. The zero-order valence-electron chi connectivity index (χ0n) is 10.1. The highest BCUT2D eigenvalue weighted by molar-refractivity contribution is 5.81. The fourth-order valence-corrected chi connectivity index (χ4v) is 2.12. The van der Waals surface area contributed by atoms with Gasteiger partial charge in [-0.15, -0.1) is 0 Å². The molecule has 0 bridgehead atoms.